The molecular formula is C22H21Cl2NO2. The molecule has 0 saturated carbocycles. The number of benzene rings is 2. The first kappa shape index (κ1) is 19.5. The lowest BCUT2D eigenvalue weighted by molar-refractivity contribution is -0.125. The van der Waals surface area contributed by atoms with E-state index in [1.165, 1.54) is 0 Å². The Morgan fingerprint density at radius 3 is 2.37 bits per heavy atom. The van der Waals surface area contributed by atoms with E-state index in [0.717, 1.165) is 22.1 Å². The highest BCUT2D eigenvalue weighted by Gasteiger charge is 2.20. The maximum Gasteiger partial charge on any atom is 0.246 e. The van der Waals surface area contributed by atoms with Gasteiger partial charge in [0.15, 0.2) is 5.58 Å². The molecule has 3 aromatic rings. The van der Waals surface area contributed by atoms with Crippen molar-refractivity contribution in [2.24, 2.45) is 0 Å². The molecule has 0 spiro atoms. The fourth-order valence-electron chi connectivity index (χ4n) is 3.14. The van der Waals surface area contributed by atoms with E-state index in [2.05, 4.69) is 0 Å². The number of carbonyl (C=O) groups is 1. The van der Waals surface area contributed by atoms with Crippen molar-refractivity contribution >= 4 is 45.7 Å². The number of halogens is 2. The van der Waals surface area contributed by atoms with Crippen LogP contribution in [0.2, 0.25) is 10.0 Å². The molecule has 3 rings (SSSR count). The first-order chi connectivity index (χ1) is 13.0. The molecule has 0 unspecified atom stereocenters. The van der Waals surface area contributed by atoms with Crippen LogP contribution in [0.1, 0.15) is 26.5 Å². The maximum absolute atomic E-state index is 12.5. The largest absolute Gasteiger partial charge is 0.454 e. The molecule has 2 aromatic carbocycles. The lowest BCUT2D eigenvalue weighted by Gasteiger charge is -2.16. The fourth-order valence-corrected chi connectivity index (χ4v) is 3.48. The van der Waals surface area contributed by atoms with Crippen LogP contribution in [0.3, 0.4) is 0 Å². The van der Waals surface area contributed by atoms with Crippen molar-refractivity contribution in [3.05, 3.63) is 64.3 Å². The Morgan fingerprint density at radius 2 is 1.74 bits per heavy atom. The summed E-state index contributed by atoms with van der Waals surface area (Å²) in [7, 11) is 0. The quantitative estimate of drug-likeness (QED) is 0.446. The Morgan fingerprint density at radius 1 is 1.07 bits per heavy atom. The standard InChI is InChI=1S/C22H21Cl2NO2/c1-4-25(5-2)19(26)13-14(3)21-20(15-9-11-16(23)12-10-15)17-7-6-8-18(24)22(17)27-21/h6-13H,4-5H2,1-3H3/b14-13+. The van der Waals surface area contributed by atoms with Gasteiger partial charge in [0.25, 0.3) is 0 Å². The molecule has 5 heteroatoms. The number of nitrogens with zero attached hydrogens (tertiary/aromatic N) is 1. The molecule has 0 atom stereocenters. The third-order valence-corrected chi connectivity index (χ3v) is 5.12. The van der Waals surface area contributed by atoms with Crippen LogP contribution in [0, 0.1) is 0 Å². The predicted octanol–water partition coefficient (Wildman–Crippen LogP) is 6.68. The second-order valence-corrected chi connectivity index (χ2v) is 7.11. The molecule has 27 heavy (non-hydrogen) atoms. The van der Waals surface area contributed by atoms with Gasteiger partial charge in [0.05, 0.1) is 5.02 Å². The molecule has 0 aliphatic heterocycles. The van der Waals surface area contributed by atoms with Crippen molar-refractivity contribution in [2.45, 2.75) is 20.8 Å². The predicted molar refractivity (Wildman–Crippen MR) is 113 cm³/mol. The lowest BCUT2D eigenvalue weighted by Crippen LogP contribution is -2.28. The molecule has 1 aromatic heterocycles. The van der Waals surface area contributed by atoms with E-state index < -0.39 is 0 Å². The number of carbonyl (C=O) groups excluding carboxylic acids is 1. The van der Waals surface area contributed by atoms with E-state index in [-0.39, 0.29) is 5.91 Å². The number of amides is 1. The summed E-state index contributed by atoms with van der Waals surface area (Å²) < 4.78 is 6.12. The molecule has 0 aliphatic carbocycles. The molecule has 0 saturated heterocycles. The van der Waals surface area contributed by atoms with Crippen molar-refractivity contribution in [1.82, 2.24) is 4.90 Å². The van der Waals surface area contributed by atoms with Gasteiger partial charge in [-0.25, -0.2) is 0 Å². The van der Waals surface area contributed by atoms with Gasteiger partial charge in [-0.15, -0.1) is 0 Å². The zero-order chi connectivity index (χ0) is 19.6. The van der Waals surface area contributed by atoms with E-state index in [0.29, 0.717) is 34.5 Å². The number of hydrogen-bond donors (Lipinski definition) is 0. The first-order valence-electron chi connectivity index (χ1n) is 8.90. The van der Waals surface area contributed by atoms with Gasteiger partial charge in [-0.2, -0.15) is 0 Å². The van der Waals surface area contributed by atoms with Gasteiger partial charge in [0.1, 0.15) is 5.76 Å². The number of furan rings is 1. The normalized spacial score (nSPS) is 11.8. The minimum absolute atomic E-state index is 0.0360. The Balaban J connectivity index is 2.20. The molecule has 0 N–H and O–H groups in total. The first-order valence-corrected chi connectivity index (χ1v) is 9.66. The van der Waals surface area contributed by atoms with Crippen molar-refractivity contribution in [3.63, 3.8) is 0 Å². The molecule has 1 amide bonds. The molecule has 0 radical (unpaired) electrons. The number of para-hydroxylation sites is 1. The number of hydrogen-bond acceptors (Lipinski definition) is 2. The molecule has 0 bridgehead atoms. The van der Waals surface area contributed by atoms with E-state index in [1.54, 1.807) is 17.0 Å². The highest BCUT2D eigenvalue weighted by Crippen LogP contribution is 2.41. The lowest BCUT2D eigenvalue weighted by atomic mass is 9.99. The Kier molecular flexibility index (Phi) is 5.93. The van der Waals surface area contributed by atoms with Crippen LogP contribution in [0.4, 0.5) is 0 Å². The number of allylic oxidation sites excluding steroid dienone is 1. The summed E-state index contributed by atoms with van der Waals surface area (Å²) in [5, 5.41) is 2.11. The average molecular weight is 402 g/mol. The smallest absolute Gasteiger partial charge is 0.246 e. The van der Waals surface area contributed by atoms with E-state index in [4.69, 9.17) is 27.6 Å². The summed E-state index contributed by atoms with van der Waals surface area (Å²) in [6, 6.07) is 13.2. The Labute approximate surface area is 169 Å². The second kappa shape index (κ2) is 8.20. The molecule has 0 aliphatic rings. The molecular weight excluding hydrogens is 381 g/mol. The van der Waals surface area contributed by atoms with Crippen LogP contribution >= 0.6 is 23.2 Å². The SMILES string of the molecule is CCN(CC)C(=O)/C=C(\C)c1oc2c(Cl)cccc2c1-c1ccc(Cl)cc1. The van der Waals surface area contributed by atoms with Crippen molar-refractivity contribution in [3.8, 4) is 11.1 Å². The van der Waals surface area contributed by atoms with Gasteiger partial charge in [0, 0.05) is 35.1 Å². The topological polar surface area (TPSA) is 33.5 Å². The highest BCUT2D eigenvalue weighted by atomic mass is 35.5. The third-order valence-electron chi connectivity index (χ3n) is 4.57. The molecule has 3 nitrogen and oxygen atoms in total. The van der Waals surface area contributed by atoms with Crippen LogP contribution in [-0.4, -0.2) is 23.9 Å². The summed E-state index contributed by atoms with van der Waals surface area (Å²) >= 11 is 12.4. The Hall–Kier alpha value is -2.23. The van der Waals surface area contributed by atoms with Gasteiger partial charge in [-0.3, -0.25) is 4.79 Å². The zero-order valence-electron chi connectivity index (χ0n) is 15.6. The van der Waals surface area contributed by atoms with Crippen LogP contribution in [0.25, 0.3) is 27.7 Å². The van der Waals surface area contributed by atoms with Gasteiger partial charge < -0.3 is 9.32 Å². The van der Waals surface area contributed by atoms with Gasteiger partial charge >= 0.3 is 0 Å². The van der Waals surface area contributed by atoms with Crippen molar-refractivity contribution in [1.29, 1.82) is 0 Å². The summed E-state index contributed by atoms with van der Waals surface area (Å²) in [4.78, 5) is 14.3. The molecule has 1 heterocycles. The number of likely N-dealkylation sites (N-methyl/N-ethyl adjacent to an activating group) is 1. The van der Waals surface area contributed by atoms with E-state index >= 15 is 0 Å². The van der Waals surface area contributed by atoms with Crippen LogP contribution in [0.5, 0.6) is 0 Å². The van der Waals surface area contributed by atoms with Crippen LogP contribution < -0.4 is 0 Å². The second-order valence-electron chi connectivity index (χ2n) is 6.27. The average Bonchev–Trinajstić information content (AvgIpc) is 3.04. The summed E-state index contributed by atoms with van der Waals surface area (Å²) in [6.07, 6.45) is 1.62. The van der Waals surface area contributed by atoms with Gasteiger partial charge in [0.2, 0.25) is 5.91 Å². The highest BCUT2D eigenvalue weighted by molar-refractivity contribution is 6.35. The summed E-state index contributed by atoms with van der Waals surface area (Å²) in [5.74, 6) is 0.604. The third kappa shape index (κ3) is 3.90. The molecule has 0 fully saturated rings. The minimum Gasteiger partial charge on any atom is -0.454 e. The van der Waals surface area contributed by atoms with E-state index in [9.17, 15) is 4.79 Å². The molecule has 140 valence electrons. The summed E-state index contributed by atoms with van der Waals surface area (Å²) in [5.41, 5.74) is 3.23. The van der Waals surface area contributed by atoms with Gasteiger partial charge in [-0.05, 0) is 50.1 Å². The van der Waals surface area contributed by atoms with Crippen molar-refractivity contribution < 1.29 is 9.21 Å². The maximum atomic E-state index is 12.5. The number of fused-ring (bicyclic) bond motifs is 1. The summed E-state index contributed by atoms with van der Waals surface area (Å²) in [6.45, 7) is 7.13. The van der Waals surface area contributed by atoms with Gasteiger partial charge in [-0.1, -0.05) is 47.5 Å². The zero-order valence-corrected chi connectivity index (χ0v) is 17.1. The van der Waals surface area contributed by atoms with E-state index in [1.807, 2.05) is 57.2 Å². The van der Waals surface area contributed by atoms with Crippen LogP contribution in [-0.2, 0) is 4.79 Å². The van der Waals surface area contributed by atoms with Crippen molar-refractivity contribution in [2.75, 3.05) is 13.1 Å². The number of rotatable bonds is 5. The minimum atomic E-state index is -0.0360. The van der Waals surface area contributed by atoms with Crippen LogP contribution in [0.15, 0.2) is 53.0 Å². The monoisotopic (exact) mass is 401 g/mol. The Bertz CT molecular complexity index is 999. The fraction of sp³-hybridized carbons (Fsp3) is 0.227.